The lowest BCUT2D eigenvalue weighted by Gasteiger charge is -2.13. The maximum absolute atomic E-state index is 5.39. The molecule has 2 aromatic rings. The molecule has 0 aliphatic carbocycles. The maximum Gasteiger partial charge on any atom is 0.134 e. The number of ether oxygens (including phenoxy) is 2. The first-order chi connectivity index (χ1) is 10.2. The molecule has 0 unspecified atom stereocenters. The normalized spacial score (nSPS) is 10.1. The molecule has 0 fully saturated rings. The highest BCUT2D eigenvalue weighted by Crippen LogP contribution is 2.26. The molecule has 112 valence electrons. The summed E-state index contributed by atoms with van der Waals surface area (Å²) in [6.07, 6.45) is 1.53. The van der Waals surface area contributed by atoms with E-state index >= 15 is 0 Å². The summed E-state index contributed by atoms with van der Waals surface area (Å²) in [6, 6.07) is 5.74. The van der Waals surface area contributed by atoms with Crippen molar-refractivity contribution in [1.82, 2.24) is 9.97 Å². The molecule has 0 amide bonds. The van der Waals surface area contributed by atoms with Crippen LogP contribution >= 0.6 is 0 Å². The Morgan fingerprint density at radius 2 is 1.86 bits per heavy atom. The molecule has 0 atom stereocenters. The van der Waals surface area contributed by atoms with Gasteiger partial charge in [0.15, 0.2) is 0 Å². The first-order valence-electron chi connectivity index (χ1n) is 6.63. The van der Waals surface area contributed by atoms with E-state index in [0.717, 1.165) is 34.3 Å². The number of hydrogen-bond acceptors (Lipinski definition) is 6. The number of benzene rings is 1. The average molecular weight is 288 g/mol. The Kier molecular flexibility index (Phi) is 4.81. The lowest BCUT2D eigenvalue weighted by Crippen LogP contribution is -2.07. The second kappa shape index (κ2) is 6.78. The second-order valence-corrected chi connectivity index (χ2v) is 4.48. The van der Waals surface area contributed by atoms with E-state index in [0.29, 0.717) is 6.54 Å². The molecule has 0 saturated heterocycles. The first-order valence-corrected chi connectivity index (χ1v) is 6.63. The molecule has 0 aliphatic rings. The zero-order valence-corrected chi connectivity index (χ0v) is 12.7. The Bertz CT molecular complexity index is 617. The van der Waals surface area contributed by atoms with Crippen LogP contribution < -0.4 is 20.1 Å². The van der Waals surface area contributed by atoms with Gasteiger partial charge in [0.05, 0.1) is 14.2 Å². The van der Waals surface area contributed by atoms with Crippen molar-refractivity contribution in [2.75, 3.05) is 31.9 Å². The number of anilines is 2. The molecule has 1 heterocycles. The van der Waals surface area contributed by atoms with E-state index in [1.54, 1.807) is 14.2 Å². The zero-order chi connectivity index (χ0) is 15.2. The number of methoxy groups -OCH3 is 2. The highest BCUT2D eigenvalue weighted by Gasteiger charge is 2.08. The minimum Gasteiger partial charge on any atom is -0.497 e. The summed E-state index contributed by atoms with van der Waals surface area (Å²) >= 11 is 0. The number of aromatic nitrogens is 2. The number of rotatable bonds is 6. The van der Waals surface area contributed by atoms with E-state index in [4.69, 9.17) is 9.47 Å². The molecule has 0 bridgehead atoms. The summed E-state index contributed by atoms with van der Waals surface area (Å²) in [5.41, 5.74) is 2.01. The summed E-state index contributed by atoms with van der Waals surface area (Å²) in [7, 11) is 5.12. The van der Waals surface area contributed by atoms with Gasteiger partial charge in [0.1, 0.15) is 29.5 Å². The topological polar surface area (TPSA) is 68.3 Å². The molecule has 1 aromatic carbocycles. The Morgan fingerprint density at radius 1 is 1.10 bits per heavy atom. The molecule has 2 N–H and O–H groups in total. The van der Waals surface area contributed by atoms with Crippen LogP contribution in [0.2, 0.25) is 0 Å². The second-order valence-electron chi connectivity index (χ2n) is 4.48. The highest BCUT2D eigenvalue weighted by atomic mass is 16.5. The standard InChI is InChI=1S/C15H20N4O2/c1-10-14(16-2)18-9-19-15(10)17-8-11-5-6-12(20-3)7-13(11)21-4/h5-7,9H,8H2,1-4H3,(H2,16,17,18,19). The molecular weight excluding hydrogens is 268 g/mol. The van der Waals surface area contributed by atoms with Gasteiger partial charge in [0.2, 0.25) is 0 Å². The first kappa shape index (κ1) is 14.9. The van der Waals surface area contributed by atoms with Crippen molar-refractivity contribution >= 4 is 11.6 Å². The highest BCUT2D eigenvalue weighted by molar-refractivity contribution is 5.56. The van der Waals surface area contributed by atoms with Gasteiger partial charge in [-0.2, -0.15) is 0 Å². The van der Waals surface area contributed by atoms with Crippen LogP contribution in [0.1, 0.15) is 11.1 Å². The van der Waals surface area contributed by atoms with Gasteiger partial charge in [-0.05, 0) is 19.1 Å². The third kappa shape index (κ3) is 3.34. The molecule has 2 rings (SSSR count). The van der Waals surface area contributed by atoms with E-state index in [1.807, 2.05) is 32.2 Å². The Labute approximate surface area is 124 Å². The summed E-state index contributed by atoms with van der Waals surface area (Å²) in [5, 5.41) is 6.34. The van der Waals surface area contributed by atoms with Crippen molar-refractivity contribution in [2.24, 2.45) is 0 Å². The van der Waals surface area contributed by atoms with Crippen molar-refractivity contribution in [3.63, 3.8) is 0 Å². The average Bonchev–Trinajstić information content (AvgIpc) is 2.53. The molecule has 0 radical (unpaired) electrons. The quantitative estimate of drug-likeness (QED) is 0.851. The Balaban J connectivity index is 2.16. The van der Waals surface area contributed by atoms with Crippen molar-refractivity contribution in [2.45, 2.75) is 13.5 Å². The smallest absolute Gasteiger partial charge is 0.134 e. The Hall–Kier alpha value is -2.50. The molecule has 0 spiro atoms. The van der Waals surface area contributed by atoms with Gasteiger partial charge in [-0.15, -0.1) is 0 Å². The lowest BCUT2D eigenvalue weighted by atomic mass is 10.2. The predicted molar refractivity (Wildman–Crippen MR) is 83.2 cm³/mol. The minimum atomic E-state index is 0.605. The number of hydrogen-bond donors (Lipinski definition) is 2. The number of nitrogens with zero attached hydrogens (tertiary/aromatic N) is 2. The molecule has 0 aliphatic heterocycles. The van der Waals surface area contributed by atoms with Gasteiger partial charge in [0.25, 0.3) is 0 Å². The van der Waals surface area contributed by atoms with E-state index in [1.165, 1.54) is 6.33 Å². The summed E-state index contributed by atoms with van der Waals surface area (Å²) in [4.78, 5) is 8.43. The van der Waals surface area contributed by atoms with Gasteiger partial charge in [-0.25, -0.2) is 9.97 Å². The molecular formula is C15H20N4O2. The summed E-state index contributed by atoms with van der Waals surface area (Å²) in [6.45, 7) is 2.58. The van der Waals surface area contributed by atoms with Crippen molar-refractivity contribution in [1.29, 1.82) is 0 Å². The van der Waals surface area contributed by atoms with Gasteiger partial charge in [-0.3, -0.25) is 0 Å². The van der Waals surface area contributed by atoms with E-state index in [2.05, 4.69) is 20.6 Å². The molecule has 6 nitrogen and oxygen atoms in total. The minimum absolute atomic E-state index is 0.605. The van der Waals surface area contributed by atoms with Crippen LogP contribution in [0.5, 0.6) is 11.5 Å². The lowest BCUT2D eigenvalue weighted by molar-refractivity contribution is 0.391. The van der Waals surface area contributed by atoms with Crippen molar-refractivity contribution in [3.8, 4) is 11.5 Å². The van der Waals surface area contributed by atoms with Crippen LogP contribution in [-0.2, 0) is 6.54 Å². The van der Waals surface area contributed by atoms with E-state index in [9.17, 15) is 0 Å². The third-order valence-electron chi connectivity index (χ3n) is 3.26. The van der Waals surface area contributed by atoms with Crippen LogP contribution in [0.3, 0.4) is 0 Å². The van der Waals surface area contributed by atoms with Gasteiger partial charge >= 0.3 is 0 Å². The zero-order valence-electron chi connectivity index (χ0n) is 12.7. The van der Waals surface area contributed by atoms with Crippen molar-refractivity contribution < 1.29 is 9.47 Å². The molecule has 0 saturated carbocycles. The SMILES string of the molecule is CNc1ncnc(NCc2ccc(OC)cc2OC)c1C. The predicted octanol–water partition coefficient (Wildman–Crippen LogP) is 2.46. The fraction of sp³-hybridized carbons (Fsp3) is 0.333. The van der Waals surface area contributed by atoms with Crippen LogP contribution in [0.25, 0.3) is 0 Å². The molecule has 6 heteroatoms. The summed E-state index contributed by atoms with van der Waals surface area (Å²) < 4.78 is 10.6. The van der Waals surface area contributed by atoms with Crippen LogP contribution in [0.4, 0.5) is 11.6 Å². The molecule has 1 aromatic heterocycles. The van der Waals surface area contributed by atoms with E-state index < -0.39 is 0 Å². The fourth-order valence-corrected chi connectivity index (χ4v) is 2.06. The van der Waals surface area contributed by atoms with Crippen molar-refractivity contribution in [3.05, 3.63) is 35.7 Å². The van der Waals surface area contributed by atoms with Gasteiger partial charge in [0, 0.05) is 30.8 Å². The largest absolute Gasteiger partial charge is 0.497 e. The molecule has 21 heavy (non-hydrogen) atoms. The fourth-order valence-electron chi connectivity index (χ4n) is 2.06. The summed E-state index contributed by atoms with van der Waals surface area (Å²) in [5.74, 6) is 3.16. The Morgan fingerprint density at radius 3 is 2.52 bits per heavy atom. The van der Waals surface area contributed by atoms with Gasteiger partial charge < -0.3 is 20.1 Å². The van der Waals surface area contributed by atoms with Crippen LogP contribution in [0.15, 0.2) is 24.5 Å². The third-order valence-corrected chi connectivity index (χ3v) is 3.26. The van der Waals surface area contributed by atoms with Gasteiger partial charge in [-0.1, -0.05) is 0 Å². The monoisotopic (exact) mass is 288 g/mol. The van der Waals surface area contributed by atoms with Crippen LogP contribution in [-0.4, -0.2) is 31.2 Å². The number of nitrogens with one attached hydrogen (secondary N) is 2. The van der Waals surface area contributed by atoms with Crippen LogP contribution in [0, 0.1) is 6.92 Å². The maximum atomic E-state index is 5.39. The van der Waals surface area contributed by atoms with E-state index in [-0.39, 0.29) is 0 Å².